The maximum absolute atomic E-state index is 13.2. The minimum atomic E-state index is -2.94. The van der Waals surface area contributed by atoms with Gasteiger partial charge in [0.1, 0.15) is 11.5 Å². The van der Waals surface area contributed by atoms with Gasteiger partial charge in [0.2, 0.25) is 0 Å². The second-order valence-electron chi connectivity index (χ2n) is 16.5. The number of carbonyl (C=O) groups excluding carboxylic acids is 9. The van der Waals surface area contributed by atoms with E-state index in [-0.39, 0.29) is 63.8 Å². The predicted octanol–water partition coefficient (Wildman–Crippen LogP) is 4.02. The normalized spacial score (nSPS) is 12.3. The van der Waals surface area contributed by atoms with Crippen molar-refractivity contribution in [2.24, 2.45) is 0 Å². The molecule has 0 aliphatic rings. The van der Waals surface area contributed by atoms with Crippen LogP contribution in [0.1, 0.15) is 82.3 Å². The van der Waals surface area contributed by atoms with Crippen molar-refractivity contribution in [2.45, 2.75) is 76.7 Å². The monoisotopic (exact) mass is 1080 g/mol. The molecule has 27 heteroatoms. The van der Waals surface area contributed by atoms with Crippen molar-refractivity contribution in [3.8, 4) is 11.5 Å². The zero-order chi connectivity index (χ0) is 56.5. The summed E-state index contributed by atoms with van der Waals surface area (Å²) in [6.45, 7) is 0.479. The van der Waals surface area contributed by atoms with Gasteiger partial charge < -0.3 is 57.4 Å². The van der Waals surface area contributed by atoms with E-state index in [1.165, 1.54) is 38.1 Å². The number of benzene rings is 4. The van der Waals surface area contributed by atoms with Gasteiger partial charge in [-0.05, 0) is 103 Å². The standard InChI is InChI=1S/C50H54N2O25/c1-4-67-41(53)25-50(62,49(61)73-30-46(58)76-39-16-14-36-21-34(11-12-37(36)23-39)31(2)47(59)71-27-43(55)68-17-5-7-19-74-51(63)64)26-42(54)70-29-45(57)77-40-15-13-33-9-10-35(22-38(33)24-40)32(3)48(60)72-28-44(56)69-18-6-8-20-75-52(65)66/h9-16,21-24,31-32,62H,4-8,17-20,25-30H2,1-3H3. The second-order valence-corrected chi connectivity index (χ2v) is 16.5. The minimum absolute atomic E-state index is 0.00426. The Labute approximate surface area is 437 Å². The molecule has 77 heavy (non-hydrogen) atoms. The maximum atomic E-state index is 13.2. The lowest BCUT2D eigenvalue weighted by Gasteiger charge is -2.24. The molecule has 27 nitrogen and oxygen atoms in total. The summed E-state index contributed by atoms with van der Waals surface area (Å²) in [5.41, 5.74) is -1.95. The molecule has 4 aromatic carbocycles. The summed E-state index contributed by atoms with van der Waals surface area (Å²) in [6, 6.07) is 18.7. The van der Waals surface area contributed by atoms with E-state index in [0.717, 1.165) is 0 Å². The van der Waals surface area contributed by atoms with Crippen molar-refractivity contribution in [3.05, 3.63) is 104 Å². The highest BCUT2D eigenvalue weighted by Gasteiger charge is 2.44. The van der Waals surface area contributed by atoms with Crippen molar-refractivity contribution in [2.75, 3.05) is 59.5 Å². The van der Waals surface area contributed by atoms with Gasteiger partial charge in [-0.2, -0.15) is 0 Å². The van der Waals surface area contributed by atoms with Crippen LogP contribution in [0.4, 0.5) is 0 Å². The van der Waals surface area contributed by atoms with E-state index in [4.69, 9.17) is 42.6 Å². The number of carbonyl (C=O) groups is 9. The van der Waals surface area contributed by atoms with Crippen molar-refractivity contribution in [3.63, 3.8) is 0 Å². The van der Waals surface area contributed by atoms with Gasteiger partial charge >= 0.3 is 53.7 Å². The third-order valence-corrected chi connectivity index (χ3v) is 10.7. The molecule has 3 atom stereocenters. The molecule has 0 aliphatic heterocycles. The fraction of sp³-hybridized carbons (Fsp3) is 0.420. The van der Waals surface area contributed by atoms with Crippen LogP contribution in [-0.2, 0) is 86.0 Å². The van der Waals surface area contributed by atoms with Crippen LogP contribution in [0.3, 0.4) is 0 Å². The number of rotatable bonds is 32. The number of esters is 9. The molecule has 0 fully saturated rings. The summed E-state index contributed by atoms with van der Waals surface area (Å²) < 4.78 is 45.3. The maximum Gasteiger partial charge on any atom is 0.349 e. The Morgan fingerprint density at radius 2 is 0.883 bits per heavy atom. The highest BCUT2D eigenvalue weighted by atomic mass is 17.0. The Morgan fingerprint density at radius 3 is 1.39 bits per heavy atom. The fourth-order valence-electron chi connectivity index (χ4n) is 6.74. The molecule has 0 amide bonds. The van der Waals surface area contributed by atoms with E-state index in [0.29, 0.717) is 39.1 Å². The van der Waals surface area contributed by atoms with E-state index in [1.807, 2.05) is 0 Å². The molecule has 0 aromatic heterocycles. The quantitative estimate of drug-likeness (QED) is 0.0180. The van der Waals surface area contributed by atoms with Crippen molar-refractivity contribution in [1.82, 2.24) is 0 Å². The third kappa shape index (κ3) is 21.0. The van der Waals surface area contributed by atoms with Crippen molar-refractivity contribution >= 4 is 75.3 Å². The van der Waals surface area contributed by atoms with Crippen LogP contribution in [0.15, 0.2) is 72.8 Å². The molecule has 4 aromatic rings. The van der Waals surface area contributed by atoms with Crippen molar-refractivity contribution < 1.29 is 111 Å². The third-order valence-electron chi connectivity index (χ3n) is 10.7. The van der Waals surface area contributed by atoms with E-state index < -0.39 is 121 Å². The highest BCUT2D eigenvalue weighted by molar-refractivity contribution is 5.93. The molecule has 414 valence electrons. The van der Waals surface area contributed by atoms with E-state index in [1.54, 1.807) is 55.5 Å². The average Bonchev–Trinajstić information content (AvgIpc) is 3.39. The van der Waals surface area contributed by atoms with E-state index >= 15 is 0 Å². The van der Waals surface area contributed by atoms with Gasteiger partial charge in [-0.1, -0.05) is 48.5 Å². The van der Waals surface area contributed by atoms with Gasteiger partial charge in [0.25, 0.3) is 10.2 Å². The van der Waals surface area contributed by atoms with Gasteiger partial charge in [0.15, 0.2) is 32.0 Å². The Hall–Kier alpha value is -9.01. The van der Waals surface area contributed by atoms with Gasteiger partial charge in [0, 0.05) is 0 Å². The molecule has 0 bridgehead atoms. The lowest BCUT2D eigenvalue weighted by atomic mass is 9.95. The molecule has 0 saturated heterocycles. The fourth-order valence-corrected chi connectivity index (χ4v) is 6.74. The first kappa shape index (κ1) is 60.5. The first-order valence-electron chi connectivity index (χ1n) is 23.5. The largest absolute Gasteiger partial charge is 0.466 e. The molecule has 0 radical (unpaired) electrons. The predicted molar refractivity (Wildman–Crippen MR) is 257 cm³/mol. The van der Waals surface area contributed by atoms with Crippen LogP contribution >= 0.6 is 0 Å². The van der Waals surface area contributed by atoms with Gasteiger partial charge in [0.05, 0.1) is 57.7 Å². The zero-order valence-electron chi connectivity index (χ0n) is 41.8. The second kappa shape index (κ2) is 30.4. The van der Waals surface area contributed by atoms with Gasteiger partial charge in [-0.25, -0.2) is 24.0 Å². The Bertz CT molecular complexity index is 2800. The lowest BCUT2D eigenvalue weighted by molar-refractivity contribution is -0.757. The molecule has 3 unspecified atom stereocenters. The molecular formula is C50H54N2O25. The highest BCUT2D eigenvalue weighted by Crippen LogP contribution is 2.28. The van der Waals surface area contributed by atoms with Crippen LogP contribution in [0.2, 0.25) is 0 Å². The molecule has 0 saturated carbocycles. The number of aliphatic hydroxyl groups is 1. The van der Waals surface area contributed by atoms with Crippen LogP contribution < -0.4 is 9.47 Å². The lowest BCUT2D eigenvalue weighted by Crippen LogP contribution is -2.45. The molecule has 4 rings (SSSR count). The smallest absolute Gasteiger partial charge is 0.349 e. The molecule has 0 spiro atoms. The number of hydrogen-bond acceptors (Lipinski definition) is 25. The summed E-state index contributed by atoms with van der Waals surface area (Å²) in [4.78, 5) is 142. The number of hydrogen-bond donors (Lipinski definition) is 1. The molecular weight excluding hydrogens is 1030 g/mol. The van der Waals surface area contributed by atoms with Gasteiger partial charge in [-0.15, -0.1) is 20.2 Å². The summed E-state index contributed by atoms with van der Waals surface area (Å²) in [5, 5.41) is 32.0. The van der Waals surface area contributed by atoms with Crippen LogP contribution in [0, 0.1) is 20.2 Å². The Morgan fingerprint density at radius 1 is 0.481 bits per heavy atom. The van der Waals surface area contributed by atoms with E-state index in [9.17, 15) is 68.5 Å². The topological polar surface area (TPSA) is 362 Å². The number of fused-ring (bicyclic) bond motifs is 2. The first-order valence-corrected chi connectivity index (χ1v) is 23.5. The van der Waals surface area contributed by atoms with Crippen LogP contribution in [0.25, 0.3) is 21.5 Å². The summed E-state index contributed by atoms with van der Waals surface area (Å²) in [5.74, 6) is -11.1. The molecule has 0 heterocycles. The number of nitrogens with zero attached hydrogens (tertiary/aromatic N) is 2. The van der Waals surface area contributed by atoms with Gasteiger partial charge in [-0.3, -0.25) is 19.2 Å². The Balaban J connectivity index is 1.25. The molecule has 0 aliphatic carbocycles. The van der Waals surface area contributed by atoms with Crippen LogP contribution in [-0.4, -0.2) is 134 Å². The first-order chi connectivity index (χ1) is 36.7. The van der Waals surface area contributed by atoms with E-state index in [2.05, 4.69) is 9.68 Å². The minimum Gasteiger partial charge on any atom is -0.466 e. The van der Waals surface area contributed by atoms with Crippen molar-refractivity contribution in [1.29, 1.82) is 0 Å². The zero-order valence-corrected chi connectivity index (χ0v) is 41.8. The average molecular weight is 1080 g/mol. The summed E-state index contributed by atoms with van der Waals surface area (Å²) in [7, 11) is 0. The SMILES string of the molecule is CCOC(=O)CC(O)(CC(=O)OCC(=O)Oc1ccc2ccc(C(C)C(=O)OCC(=O)OCCCCO[N+](=O)[O-])cc2c1)C(=O)OCC(=O)Oc1ccc2cc(C(C)C(=O)OCC(=O)OCCCCO[N+](=O)[O-])ccc2c1. The molecule has 1 N–H and O–H groups in total. The summed E-state index contributed by atoms with van der Waals surface area (Å²) in [6.07, 6.45) is -1.24. The number of unbranched alkanes of at least 4 members (excludes halogenated alkanes) is 2. The Kier molecular flexibility index (Phi) is 23.9. The summed E-state index contributed by atoms with van der Waals surface area (Å²) >= 11 is 0. The number of ether oxygens (including phenoxy) is 9. The van der Waals surface area contributed by atoms with Crippen LogP contribution in [0.5, 0.6) is 11.5 Å².